The van der Waals surface area contributed by atoms with Gasteiger partial charge in [-0.25, -0.2) is 4.79 Å². The van der Waals surface area contributed by atoms with E-state index in [1.807, 2.05) is 43.3 Å². The van der Waals surface area contributed by atoms with Gasteiger partial charge < -0.3 is 13.7 Å². The lowest BCUT2D eigenvalue weighted by atomic mass is 10.0. The van der Waals surface area contributed by atoms with Crippen LogP contribution in [0.25, 0.3) is 21.7 Å². The molecule has 0 bridgehead atoms. The first-order valence-corrected chi connectivity index (χ1v) is 8.41. The monoisotopic (exact) mass is 334 g/mol. The van der Waals surface area contributed by atoms with Crippen LogP contribution in [0.5, 0.6) is 0 Å². The third kappa shape index (κ3) is 3.08. The molecule has 0 amide bonds. The summed E-state index contributed by atoms with van der Waals surface area (Å²) in [6.45, 7) is 3.43. The molecule has 0 saturated heterocycles. The minimum atomic E-state index is -0.306. The molecule has 0 aliphatic heterocycles. The molecule has 2 heterocycles. The van der Waals surface area contributed by atoms with E-state index in [2.05, 4.69) is 19.2 Å². The molecule has 0 aliphatic rings. The van der Waals surface area contributed by atoms with Gasteiger partial charge >= 0.3 is 5.63 Å². The van der Waals surface area contributed by atoms with Crippen LogP contribution >= 0.6 is 0 Å². The highest BCUT2D eigenvalue weighted by Gasteiger charge is 2.14. The minimum absolute atomic E-state index is 0.306. The molecule has 1 unspecified atom stereocenters. The van der Waals surface area contributed by atoms with E-state index >= 15 is 0 Å². The molecule has 4 rings (SSSR count). The number of furan rings is 1. The normalized spacial score (nSPS) is 12.7. The zero-order valence-corrected chi connectivity index (χ0v) is 14.3. The van der Waals surface area contributed by atoms with Crippen LogP contribution in [0.2, 0.25) is 0 Å². The fourth-order valence-electron chi connectivity index (χ4n) is 3.42. The largest absolute Gasteiger partial charge is 0.460 e. The lowest BCUT2D eigenvalue weighted by molar-refractivity contribution is -0.908. The van der Waals surface area contributed by atoms with Crippen LogP contribution in [0.3, 0.4) is 0 Å². The highest BCUT2D eigenvalue weighted by molar-refractivity contribution is 6.06. The Bertz CT molecular complexity index is 1110. The summed E-state index contributed by atoms with van der Waals surface area (Å²) in [7, 11) is 2.10. The van der Waals surface area contributed by atoms with Crippen molar-refractivity contribution in [1.29, 1.82) is 0 Å². The SMILES string of the molecule is Cc1ccc(C[NH+](C)Cc2cc(=O)oc3ccc4ccccc4c23)o1. The molecule has 2 aromatic carbocycles. The number of aryl methyl sites for hydroxylation is 1. The molecule has 0 saturated carbocycles. The first-order valence-electron chi connectivity index (χ1n) is 8.41. The summed E-state index contributed by atoms with van der Waals surface area (Å²) in [6.07, 6.45) is 0. The topological polar surface area (TPSA) is 47.8 Å². The van der Waals surface area contributed by atoms with Gasteiger partial charge in [-0.1, -0.05) is 30.3 Å². The summed E-state index contributed by atoms with van der Waals surface area (Å²) in [5.74, 6) is 1.87. The average molecular weight is 334 g/mol. The van der Waals surface area contributed by atoms with E-state index in [1.165, 1.54) is 4.90 Å². The number of hydrogen-bond donors (Lipinski definition) is 1. The second-order valence-electron chi connectivity index (χ2n) is 6.57. The second kappa shape index (κ2) is 6.22. The molecule has 2 aromatic heterocycles. The fraction of sp³-hybridized carbons (Fsp3) is 0.190. The molecule has 1 N–H and O–H groups in total. The summed E-state index contributed by atoms with van der Waals surface area (Å²) >= 11 is 0. The van der Waals surface area contributed by atoms with Gasteiger partial charge in [0.1, 0.15) is 24.4 Å². The summed E-state index contributed by atoms with van der Waals surface area (Å²) in [5, 5.41) is 3.28. The molecule has 25 heavy (non-hydrogen) atoms. The van der Waals surface area contributed by atoms with E-state index in [-0.39, 0.29) is 5.63 Å². The molecule has 4 heteroatoms. The maximum absolute atomic E-state index is 12.0. The Morgan fingerprint density at radius 2 is 1.80 bits per heavy atom. The van der Waals surface area contributed by atoms with Crippen molar-refractivity contribution >= 4 is 21.7 Å². The van der Waals surface area contributed by atoms with Gasteiger partial charge in [0.05, 0.1) is 7.05 Å². The summed E-state index contributed by atoms with van der Waals surface area (Å²) < 4.78 is 11.1. The zero-order chi connectivity index (χ0) is 17.4. The number of nitrogens with one attached hydrogen (secondary N) is 1. The first-order chi connectivity index (χ1) is 12.1. The van der Waals surface area contributed by atoms with Crippen molar-refractivity contribution in [2.45, 2.75) is 20.0 Å². The van der Waals surface area contributed by atoms with E-state index < -0.39 is 0 Å². The molecule has 0 aliphatic carbocycles. The van der Waals surface area contributed by atoms with Crippen LogP contribution in [0.4, 0.5) is 0 Å². The van der Waals surface area contributed by atoms with E-state index in [0.29, 0.717) is 5.58 Å². The van der Waals surface area contributed by atoms with Crippen LogP contribution in [-0.4, -0.2) is 7.05 Å². The maximum Gasteiger partial charge on any atom is 0.336 e. The fourth-order valence-corrected chi connectivity index (χ4v) is 3.42. The lowest BCUT2D eigenvalue weighted by Crippen LogP contribution is -3.06. The Kier molecular flexibility index (Phi) is 3.90. The van der Waals surface area contributed by atoms with E-state index in [0.717, 1.165) is 46.3 Å². The molecule has 0 radical (unpaired) electrons. The standard InChI is InChI=1S/C21H19NO3/c1-14-7-9-17(24-14)13-22(2)12-16-11-20(23)25-19-10-8-15-5-3-4-6-18(15)21(16)19/h3-11H,12-13H2,1-2H3/p+1. The summed E-state index contributed by atoms with van der Waals surface area (Å²) in [5.41, 5.74) is 1.34. The Morgan fingerprint density at radius 3 is 2.60 bits per heavy atom. The first kappa shape index (κ1) is 15.7. The molecular weight excluding hydrogens is 314 g/mol. The van der Waals surface area contributed by atoms with Crippen molar-refractivity contribution in [2.75, 3.05) is 7.05 Å². The third-order valence-corrected chi connectivity index (χ3v) is 4.48. The quantitative estimate of drug-likeness (QED) is 0.461. The smallest absolute Gasteiger partial charge is 0.336 e. The van der Waals surface area contributed by atoms with Crippen LogP contribution in [0.15, 0.2) is 68.2 Å². The highest BCUT2D eigenvalue weighted by atomic mass is 16.4. The number of benzene rings is 2. The summed E-state index contributed by atoms with van der Waals surface area (Å²) in [6, 6.07) is 17.7. The molecule has 0 spiro atoms. The van der Waals surface area contributed by atoms with Crippen molar-refractivity contribution in [3.8, 4) is 0 Å². The summed E-state index contributed by atoms with van der Waals surface area (Å²) in [4.78, 5) is 13.2. The van der Waals surface area contributed by atoms with Gasteiger partial charge in [0.25, 0.3) is 0 Å². The predicted molar refractivity (Wildman–Crippen MR) is 97.7 cm³/mol. The van der Waals surface area contributed by atoms with Gasteiger partial charge in [-0.15, -0.1) is 0 Å². The Labute approximate surface area is 145 Å². The predicted octanol–water partition coefficient (Wildman–Crippen LogP) is 3.06. The molecule has 0 fully saturated rings. The van der Waals surface area contributed by atoms with E-state index in [4.69, 9.17) is 8.83 Å². The van der Waals surface area contributed by atoms with Crippen molar-refractivity contribution in [2.24, 2.45) is 0 Å². The van der Waals surface area contributed by atoms with Gasteiger partial charge in [-0.3, -0.25) is 0 Å². The molecule has 126 valence electrons. The van der Waals surface area contributed by atoms with Crippen molar-refractivity contribution in [1.82, 2.24) is 0 Å². The second-order valence-corrected chi connectivity index (χ2v) is 6.57. The van der Waals surface area contributed by atoms with Crippen LogP contribution in [0, 0.1) is 6.92 Å². The Morgan fingerprint density at radius 1 is 0.960 bits per heavy atom. The highest BCUT2D eigenvalue weighted by Crippen LogP contribution is 2.27. The number of quaternary nitrogens is 1. The van der Waals surface area contributed by atoms with Gasteiger partial charge in [0.2, 0.25) is 0 Å². The maximum atomic E-state index is 12.0. The van der Waals surface area contributed by atoms with Gasteiger partial charge in [0, 0.05) is 17.0 Å². The lowest BCUT2D eigenvalue weighted by Gasteiger charge is -2.14. The molecule has 1 atom stereocenters. The third-order valence-electron chi connectivity index (χ3n) is 4.48. The molecule has 4 nitrogen and oxygen atoms in total. The number of hydrogen-bond acceptors (Lipinski definition) is 3. The van der Waals surface area contributed by atoms with Crippen LogP contribution < -0.4 is 10.5 Å². The number of fused-ring (bicyclic) bond motifs is 3. The molecular formula is C21H20NO3+. The van der Waals surface area contributed by atoms with Crippen molar-refractivity contribution in [3.63, 3.8) is 0 Å². The van der Waals surface area contributed by atoms with Crippen LogP contribution in [0.1, 0.15) is 17.1 Å². The van der Waals surface area contributed by atoms with Crippen molar-refractivity contribution < 1.29 is 13.7 Å². The van der Waals surface area contributed by atoms with Gasteiger partial charge in [-0.05, 0) is 35.9 Å². The van der Waals surface area contributed by atoms with Gasteiger partial charge in [0.15, 0.2) is 5.76 Å². The molecule has 4 aromatic rings. The van der Waals surface area contributed by atoms with E-state index in [1.54, 1.807) is 6.07 Å². The van der Waals surface area contributed by atoms with E-state index in [9.17, 15) is 4.79 Å². The van der Waals surface area contributed by atoms with Crippen LogP contribution in [-0.2, 0) is 13.1 Å². The average Bonchev–Trinajstić information content (AvgIpc) is 2.98. The van der Waals surface area contributed by atoms with Gasteiger partial charge in [-0.2, -0.15) is 0 Å². The Hall–Kier alpha value is -2.85. The number of rotatable bonds is 4. The Balaban J connectivity index is 1.77. The zero-order valence-electron chi connectivity index (χ0n) is 14.3. The van der Waals surface area contributed by atoms with Crippen molar-refractivity contribution in [3.05, 3.63) is 82.1 Å². The minimum Gasteiger partial charge on any atom is -0.460 e.